The molecule has 0 unspecified atom stereocenters. The van der Waals surface area contributed by atoms with E-state index in [1.165, 1.54) is 5.23 Å². The summed E-state index contributed by atoms with van der Waals surface area (Å²) in [6, 6.07) is 0. The first-order valence-corrected chi connectivity index (χ1v) is 2.34. The van der Waals surface area contributed by atoms with E-state index >= 15 is 0 Å². The van der Waals surface area contributed by atoms with Crippen LogP contribution in [0, 0.1) is 0 Å². The molecule has 0 aliphatic carbocycles. The lowest BCUT2D eigenvalue weighted by atomic mass is 10.6. The maximum atomic E-state index is 5.02. The van der Waals surface area contributed by atoms with E-state index in [0.717, 1.165) is 6.54 Å². The van der Waals surface area contributed by atoms with E-state index in [-0.39, 0.29) is 0 Å². The molecule has 5 N–H and O–H groups in total. The highest BCUT2D eigenvalue weighted by atomic mass is 15.9. The van der Waals surface area contributed by atoms with Crippen molar-refractivity contribution in [3.63, 3.8) is 0 Å². The summed E-state index contributed by atoms with van der Waals surface area (Å²) in [5.74, 6) is 5.02. The molecule has 0 fully saturated rings. The molecule has 5 nitrogen and oxygen atoms in total. The number of hydrogen-bond donors (Lipinski definition) is 4. The molecule has 0 aromatic rings. The largest absolute Gasteiger partial charge is 0.298 e. The standard InChI is InChI=1S/C3H9N5/c4-7-8-5-2-1-3-6-8/h1-2,5-7H,3-4H2. The lowest BCUT2D eigenvalue weighted by molar-refractivity contribution is 0.0683. The second-order valence-electron chi connectivity index (χ2n) is 1.36. The Morgan fingerprint density at radius 3 is 3.00 bits per heavy atom. The molecule has 5 heteroatoms. The Balaban J connectivity index is 2.27. The Morgan fingerprint density at radius 1 is 1.75 bits per heavy atom. The van der Waals surface area contributed by atoms with Crippen molar-refractivity contribution < 1.29 is 0 Å². The van der Waals surface area contributed by atoms with E-state index in [1.807, 2.05) is 6.08 Å². The van der Waals surface area contributed by atoms with Crippen molar-refractivity contribution in [3.8, 4) is 0 Å². The minimum Gasteiger partial charge on any atom is -0.298 e. The predicted octanol–water partition coefficient (Wildman–Crippen LogP) is -1.80. The Morgan fingerprint density at radius 2 is 2.62 bits per heavy atom. The van der Waals surface area contributed by atoms with Crippen molar-refractivity contribution in [2.45, 2.75) is 0 Å². The number of nitrogens with zero attached hydrogens (tertiary/aromatic N) is 1. The van der Waals surface area contributed by atoms with Gasteiger partial charge in [0, 0.05) is 12.7 Å². The van der Waals surface area contributed by atoms with E-state index in [2.05, 4.69) is 16.4 Å². The van der Waals surface area contributed by atoms with Gasteiger partial charge in [-0.25, -0.2) is 5.43 Å². The molecular weight excluding hydrogens is 106 g/mol. The van der Waals surface area contributed by atoms with Crippen LogP contribution in [0.2, 0.25) is 0 Å². The third-order valence-electron chi connectivity index (χ3n) is 0.818. The summed E-state index contributed by atoms with van der Waals surface area (Å²) in [6.07, 6.45) is 3.73. The first-order valence-electron chi connectivity index (χ1n) is 2.34. The van der Waals surface area contributed by atoms with E-state index in [1.54, 1.807) is 6.20 Å². The maximum absolute atomic E-state index is 5.02. The van der Waals surface area contributed by atoms with Crippen LogP contribution >= 0.6 is 0 Å². The lowest BCUT2D eigenvalue weighted by Gasteiger charge is -2.22. The van der Waals surface area contributed by atoms with Crippen LogP contribution in [-0.4, -0.2) is 11.8 Å². The monoisotopic (exact) mass is 115 g/mol. The van der Waals surface area contributed by atoms with Crippen molar-refractivity contribution in [1.82, 2.24) is 21.6 Å². The van der Waals surface area contributed by atoms with Gasteiger partial charge in [-0.1, -0.05) is 11.3 Å². The molecule has 46 valence electrons. The quantitative estimate of drug-likeness (QED) is 0.240. The zero-order valence-corrected chi connectivity index (χ0v) is 4.39. The van der Waals surface area contributed by atoms with Crippen LogP contribution in [0.25, 0.3) is 0 Å². The normalized spacial score (nSPS) is 20.6. The Bertz CT molecular complexity index is 89.7. The Kier molecular flexibility index (Phi) is 1.81. The highest BCUT2D eigenvalue weighted by Gasteiger charge is 1.97. The Hall–Kier alpha value is -0.620. The number of hydrazine groups is 4. The van der Waals surface area contributed by atoms with Gasteiger partial charge in [-0.05, 0) is 0 Å². The van der Waals surface area contributed by atoms with E-state index < -0.39 is 0 Å². The molecule has 0 saturated heterocycles. The SMILES string of the molecule is NNN1NC=CCN1. The van der Waals surface area contributed by atoms with Gasteiger partial charge in [0.05, 0.1) is 0 Å². The maximum Gasteiger partial charge on any atom is 0.0332 e. The molecule has 1 heterocycles. The lowest BCUT2D eigenvalue weighted by Crippen LogP contribution is -2.58. The van der Waals surface area contributed by atoms with E-state index in [4.69, 9.17) is 5.84 Å². The van der Waals surface area contributed by atoms with Gasteiger partial charge in [0.2, 0.25) is 0 Å². The predicted molar refractivity (Wildman–Crippen MR) is 29.4 cm³/mol. The number of nitrogens with two attached hydrogens (primary N) is 1. The third-order valence-corrected chi connectivity index (χ3v) is 0.818. The number of nitrogens with one attached hydrogen (secondary N) is 3. The zero-order valence-electron chi connectivity index (χ0n) is 4.39. The van der Waals surface area contributed by atoms with Crippen molar-refractivity contribution in [1.29, 1.82) is 0 Å². The minimum absolute atomic E-state index is 0.789. The second-order valence-corrected chi connectivity index (χ2v) is 1.36. The summed E-state index contributed by atoms with van der Waals surface area (Å²) in [5.41, 5.74) is 8.01. The van der Waals surface area contributed by atoms with Crippen molar-refractivity contribution in [2.75, 3.05) is 6.54 Å². The fraction of sp³-hybridized carbons (Fsp3) is 0.333. The fourth-order valence-electron chi connectivity index (χ4n) is 0.459. The topological polar surface area (TPSA) is 65.3 Å². The number of rotatable bonds is 1. The molecule has 0 radical (unpaired) electrons. The average Bonchev–Trinajstić information content (AvgIpc) is 1.90. The first-order chi connectivity index (χ1) is 3.93. The first kappa shape index (κ1) is 5.52. The van der Waals surface area contributed by atoms with Crippen LogP contribution in [0.1, 0.15) is 0 Å². The smallest absolute Gasteiger partial charge is 0.0332 e. The van der Waals surface area contributed by atoms with Crippen LogP contribution in [0.5, 0.6) is 0 Å². The fourth-order valence-corrected chi connectivity index (χ4v) is 0.459. The second kappa shape index (κ2) is 2.63. The molecular formula is C3H9N5. The molecule has 1 rings (SSSR count). The highest BCUT2D eigenvalue weighted by molar-refractivity contribution is 4.82. The van der Waals surface area contributed by atoms with E-state index in [9.17, 15) is 0 Å². The van der Waals surface area contributed by atoms with Gasteiger partial charge < -0.3 is 0 Å². The van der Waals surface area contributed by atoms with Crippen molar-refractivity contribution >= 4 is 0 Å². The average molecular weight is 115 g/mol. The molecule has 0 aromatic carbocycles. The van der Waals surface area contributed by atoms with Crippen molar-refractivity contribution in [2.24, 2.45) is 5.84 Å². The summed E-state index contributed by atoms with van der Waals surface area (Å²) in [5, 5.41) is 1.46. The molecule has 1 aliphatic rings. The Labute approximate surface area is 47.4 Å². The van der Waals surface area contributed by atoms with Gasteiger partial charge in [-0.15, -0.1) is 0 Å². The summed E-state index contributed by atoms with van der Waals surface area (Å²) < 4.78 is 0. The zero-order chi connectivity index (χ0) is 5.82. The van der Waals surface area contributed by atoms with E-state index in [0.29, 0.717) is 0 Å². The van der Waals surface area contributed by atoms with Gasteiger partial charge >= 0.3 is 0 Å². The summed E-state index contributed by atoms with van der Waals surface area (Å²) in [7, 11) is 0. The van der Waals surface area contributed by atoms with Crippen LogP contribution in [0.15, 0.2) is 12.3 Å². The molecule has 8 heavy (non-hydrogen) atoms. The molecule has 0 saturated carbocycles. The highest BCUT2D eigenvalue weighted by Crippen LogP contribution is 1.74. The van der Waals surface area contributed by atoms with Crippen LogP contribution in [0.3, 0.4) is 0 Å². The van der Waals surface area contributed by atoms with Gasteiger partial charge in [0.15, 0.2) is 0 Å². The molecule has 0 spiro atoms. The molecule has 0 atom stereocenters. The third kappa shape index (κ3) is 1.17. The molecule has 0 aromatic heterocycles. The molecule has 1 aliphatic heterocycles. The van der Waals surface area contributed by atoms with Crippen LogP contribution in [-0.2, 0) is 0 Å². The van der Waals surface area contributed by atoms with Crippen molar-refractivity contribution in [3.05, 3.63) is 12.3 Å². The van der Waals surface area contributed by atoms with Crippen LogP contribution < -0.4 is 22.2 Å². The van der Waals surface area contributed by atoms with Gasteiger partial charge in [0.25, 0.3) is 0 Å². The summed E-state index contributed by atoms with van der Waals surface area (Å²) in [6.45, 7) is 0.789. The van der Waals surface area contributed by atoms with Gasteiger partial charge in [0.1, 0.15) is 0 Å². The van der Waals surface area contributed by atoms with Crippen LogP contribution in [0.4, 0.5) is 0 Å². The summed E-state index contributed by atoms with van der Waals surface area (Å²) in [4.78, 5) is 0. The minimum atomic E-state index is 0.789. The van der Waals surface area contributed by atoms with Gasteiger partial charge in [-0.2, -0.15) is 5.53 Å². The molecule has 0 bridgehead atoms. The number of hydrogen-bond acceptors (Lipinski definition) is 5. The van der Waals surface area contributed by atoms with Gasteiger partial charge in [-0.3, -0.25) is 11.3 Å². The summed E-state index contributed by atoms with van der Waals surface area (Å²) >= 11 is 0. The molecule has 0 amide bonds.